The summed E-state index contributed by atoms with van der Waals surface area (Å²) in [6.07, 6.45) is 6.99. The molecule has 2 aliphatic heterocycles. The van der Waals surface area contributed by atoms with Gasteiger partial charge in [0, 0.05) is 19.5 Å². The standard InChI is InChI=1S/C14H26N2O/c1-2-4-12-6-8-16(11-12)14(17)9-13-5-3-7-15-10-13/h12-13,15H,2-11H2,1H3. The molecule has 0 aromatic carbocycles. The molecule has 1 amide bonds. The van der Waals surface area contributed by atoms with E-state index in [0.29, 0.717) is 11.8 Å². The number of nitrogens with zero attached hydrogens (tertiary/aromatic N) is 1. The van der Waals surface area contributed by atoms with Gasteiger partial charge in [-0.2, -0.15) is 0 Å². The summed E-state index contributed by atoms with van der Waals surface area (Å²) in [6, 6.07) is 0. The van der Waals surface area contributed by atoms with E-state index in [2.05, 4.69) is 17.1 Å². The molecule has 17 heavy (non-hydrogen) atoms. The Bertz CT molecular complexity index is 249. The first kappa shape index (κ1) is 12.9. The highest BCUT2D eigenvalue weighted by atomic mass is 16.2. The molecule has 0 bridgehead atoms. The average Bonchev–Trinajstić information content (AvgIpc) is 2.79. The van der Waals surface area contributed by atoms with Crippen molar-refractivity contribution in [1.29, 1.82) is 0 Å². The maximum Gasteiger partial charge on any atom is 0.222 e. The molecule has 3 heteroatoms. The summed E-state index contributed by atoms with van der Waals surface area (Å²) in [4.78, 5) is 14.3. The fraction of sp³-hybridized carbons (Fsp3) is 0.929. The maximum atomic E-state index is 12.2. The van der Waals surface area contributed by atoms with Gasteiger partial charge in [0.15, 0.2) is 0 Å². The maximum absolute atomic E-state index is 12.2. The highest BCUT2D eigenvalue weighted by molar-refractivity contribution is 5.76. The van der Waals surface area contributed by atoms with Gasteiger partial charge < -0.3 is 10.2 Å². The van der Waals surface area contributed by atoms with Crippen LogP contribution in [0.2, 0.25) is 0 Å². The summed E-state index contributed by atoms with van der Waals surface area (Å²) in [5, 5.41) is 3.39. The molecule has 2 heterocycles. The Morgan fingerprint density at radius 1 is 1.35 bits per heavy atom. The van der Waals surface area contributed by atoms with Gasteiger partial charge in [0.25, 0.3) is 0 Å². The highest BCUT2D eigenvalue weighted by Gasteiger charge is 2.27. The predicted octanol–water partition coefficient (Wildman–Crippen LogP) is 2.02. The second-order valence-electron chi connectivity index (χ2n) is 5.70. The molecule has 0 aliphatic carbocycles. The molecule has 2 unspecified atom stereocenters. The van der Waals surface area contributed by atoms with E-state index in [0.717, 1.165) is 38.5 Å². The molecule has 2 atom stereocenters. The molecule has 0 saturated carbocycles. The van der Waals surface area contributed by atoms with E-state index in [-0.39, 0.29) is 0 Å². The van der Waals surface area contributed by atoms with Gasteiger partial charge in [0.2, 0.25) is 5.91 Å². The van der Waals surface area contributed by atoms with Gasteiger partial charge >= 0.3 is 0 Å². The zero-order valence-electron chi connectivity index (χ0n) is 11.1. The van der Waals surface area contributed by atoms with Crippen LogP contribution in [0.1, 0.15) is 45.4 Å². The first-order chi connectivity index (χ1) is 8.29. The monoisotopic (exact) mass is 238 g/mol. The van der Waals surface area contributed by atoms with Gasteiger partial charge in [-0.15, -0.1) is 0 Å². The van der Waals surface area contributed by atoms with E-state index in [1.807, 2.05) is 0 Å². The van der Waals surface area contributed by atoms with Crippen molar-refractivity contribution in [2.75, 3.05) is 26.2 Å². The van der Waals surface area contributed by atoms with Crippen LogP contribution in [0.15, 0.2) is 0 Å². The first-order valence-corrected chi connectivity index (χ1v) is 7.28. The summed E-state index contributed by atoms with van der Waals surface area (Å²) in [5.41, 5.74) is 0. The molecule has 2 rings (SSSR count). The van der Waals surface area contributed by atoms with Gasteiger partial charge in [-0.3, -0.25) is 4.79 Å². The van der Waals surface area contributed by atoms with Gasteiger partial charge in [-0.1, -0.05) is 13.3 Å². The molecule has 98 valence electrons. The topological polar surface area (TPSA) is 32.3 Å². The van der Waals surface area contributed by atoms with Crippen LogP contribution in [0.3, 0.4) is 0 Å². The lowest BCUT2D eigenvalue weighted by Gasteiger charge is -2.25. The molecular weight excluding hydrogens is 212 g/mol. The number of likely N-dealkylation sites (tertiary alicyclic amines) is 1. The van der Waals surface area contributed by atoms with Crippen LogP contribution < -0.4 is 5.32 Å². The number of nitrogens with one attached hydrogen (secondary N) is 1. The van der Waals surface area contributed by atoms with Gasteiger partial charge in [0.1, 0.15) is 0 Å². The van der Waals surface area contributed by atoms with Crippen molar-refractivity contribution in [3.63, 3.8) is 0 Å². The molecular formula is C14H26N2O. The predicted molar refractivity (Wildman–Crippen MR) is 69.8 cm³/mol. The number of piperidine rings is 1. The number of carbonyl (C=O) groups excluding carboxylic acids is 1. The summed E-state index contributed by atoms with van der Waals surface area (Å²) < 4.78 is 0. The first-order valence-electron chi connectivity index (χ1n) is 7.28. The van der Waals surface area contributed by atoms with Gasteiger partial charge in [0.05, 0.1) is 0 Å². The van der Waals surface area contributed by atoms with Crippen LogP contribution in [0.5, 0.6) is 0 Å². The Balaban J connectivity index is 1.72. The van der Waals surface area contributed by atoms with E-state index in [9.17, 15) is 4.79 Å². The minimum atomic E-state index is 0.400. The molecule has 0 aromatic rings. The number of carbonyl (C=O) groups is 1. The molecule has 0 aromatic heterocycles. The Morgan fingerprint density at radius 2 is 2.24 bits per heavy atom. The third-order valence-electron chi connectivity index (χ3n) is 4.20. The minimum Gasteiger partial charge on any atom is -0.342 e. The van der Waals surface area contributed by atoms with Crippen LogP contribution in [0.4, 0.5) is 0 Å². The Kier molecular flexibility index (Phi) is 4.84. The van der Waals surface area contributed by atoms with E-state index in [1.165, 1.54) is 32.1 Å². The van der Waals surface area contributed by atoms with Crippen LogP contribution in [0.25, 0.3) is 0 Å². The zero-order chi connectivity index (χ0) is 12.1. The third-order valence-corrected chi connectivity index (χ3v) is 4.20. The van der Waals surface area contributed by atoms with Crippen LogP contribution in [0, 0.1) is 11.8 Å². The molecule has 2 saturated heterocycles. The summed E-state index contributed by atoms with van der Waals surface area (Å²) in [5.74, 6) is 1.76. The Labute approximate surface area is 105 Å². The lowest BCUT2D eigenvalue weighted by Crippen LogP contribution is -2.35. The Morgan fingerprint density at radius 3 is 2.94 bits per heavy atom. The second kappa shape index (κ2) is 6.39. The van der Waals surface area contributed by atoms with E-state index >= 15 is 0 Å². The van der Waals surface area contributed by atoms with E-state index in [4.69, 9.17) is 0 Å². The van der Waals surface area contributed by atoms with E-state index in [1.54, 1.807) is 0 Å². The van der Waals surface area contributed by atoms with Gasteiger partial charge in [-0.05, 0) is 50.6 Å². The number of amides is 1. The molecule has 2 fully saturated rings. The summed E-state index contributed by atoms with van der Waals surface area (Å²) in [7, 11) is 0. The van der Waals surface area contributed by atoms with Crippen LogP contribution in [-0.4, -0.2) is 37.0 Å². The number of hydrogen-bond donors (Lipinski definition) is 1. The van der Waals surface area contributed by atoms with Crippen molar-refractivity contribution in [3.8, 4) is 0 Å². The largest absolute Gasteiger partial charge is 0.342 e. The fourth-order valence-corrected chi connectivity index (χ4v) is 3.18. The normalized spacial score (nSPS) is 29.6. The lowest BCUT2D eigenvalue weighted by atomic mass is 9.95. The van der Waals surface area contributed by atoms with Crippen molar-refractivity contribution in [3.05, 3.63) is 0 Å². The lowest BCUT2D eigenvalue weighted by molar-refractivity contribution is -0.131. The van der Waals surface area contributed by atoms with E-state index < -0.39 is 0 Å². The summed E-state index contributed by atoms with van der Waals surface area (Å²) in [6.45, 7) is 6.43. The average molecular weight is 238 g/mol. The quantitative estimate of drug-likeness (QED) is 0.812. The molecule has 2 aliphatic rings. The SMILES string of the molecule is CCCC1CCN(C(=O)CC2CCCNC2)C1. The summed E-state index contributed by atoms with van der Waals surface area (Å²) >= 11 is 0. The van der Waals surface area contributed by atoms with Crippen molar-refractivity contribution in [2.24, 2.45) is 11.8 Å². The van der Waals surface area contributed by atoms with Crippen LogP contribution in [-0.2, 0) is 4.79 Å². The highest BCUT2D eigenvalue weighted by Crippen LogP contribution is 2.23. The molecule has 0 spiro atoms. The van der Waals surface area contributed by atoms with Crippen molar-refractivity contribution >= 4 is 5.91 Å². The fourth-order valence-electron chi connectivity index (χ4n) is 3.18. The molecule has 1 N–H and O–H groups in total. The van der Waals surface area contributed by atoms with Crippen molar-refractivity contribution in [2.45, 2.75) is 45.4 Å². The van der Waals surface area contributed by atoms with Gasteiger partial charge in [-0.25, -0.2) is 0 Å². The molecule has 0 radical (unpaired) electrons. The third kappa shape index (κ3) is 3.70. The Hall–Kier alpha value is -0.570. The van der Waals surface area contributed by atoms with Crippen molar-refractivity contribution in [1.82, 2.24) is 10.2 Å². The molecule has 3 nitrogen and oxygen atoms in total. The number of rotatable bonds is 4. The second-order valence-corrected chi connectivity index (χ2v) is 5.70. The number of hydrogen-bond acceptors (Lipinski definition) is 2. The minimum absolute atomic E-state index is 0.400. The van der Waals surface area contributed by atoms with Crippen molar-refractivity contribution < 1.29 is 4.79 Å². The smallest absolute Gasteiger partial charge is 0.222 e. The van der Waals surface area contributed by atoms with Crippen LogP contribution >= 0.6 is 0 Å². The zero-order valence-corrected chi connectivity index (χ0v) is 11.1.